The van der Waals surface area contributed by atoms with Crippen LogP contribution >= 0.6 is 0 Å². The molecule has 3 aliphatic rings. The summed E-state index contributed by atoms with van der Waals surface area (Å²) < 4.78 is 0. The molecule has 3 aromatic rings. The van der Waals surface area contributed by atoms with Crippen LogP contribution in [0, 0.1) is 5.41 Å². The number of nitrogens with zero attached hydrogens (tertiary/aromatic N) is 2. The van der Waals surface area contributed by atoms with E-state index in [9.17, 15) is 14.4 Å². The molecule has 152 valence electrons. The van der Waals surface area contributed by atoms with Crippen molar-refractivity contribution in [3.05, 3.63) is 107 Å². The highest BCUT2D eigenvalue weighted by Crippen LogP contribution is 2.63. The first-order chi connectivity index (χ1) is 15.2. The number of benzene rings is 3. The van der Waals surface area contributed by atoms with Gasteiger partial charge in [0.05, 0.1) is 12.1 Å². The number of Topliss-reactive ketones (excluding diaryl/α,β-unsaturated/α-hetero) is 2. The zero-order chi connectivity index (χ0) is 21.2. The largest absolute Gasteiger partial charge is 0.293 e. The standard InChI is InChI=1S/C26H20N2O3/c29-21-15-16-27-22(17-9-3-1-4-10-17)26(23(28(21)27)18-11-5-2-6-12-18)24(30)19-13-7-8-14-20(19)25(26)31/h1-14,22-23H,15-16H2/t22-,23+/m0/s1. The minimum Gasteiger partial charge on any atom is -0.293 e. The number of hydrogen-bond acceptors (Lipinski definition) is 4. The molecule has 0 saturated carbocycles. The number of amides is 1. The first kappa shape index (κ1) is 18.2. The minimum absolute atomic E-state index is 0.0526. The highest BCUT2D eigenvalue weighted by atomic mass is 16.2. The first-order valence-electron chi connectivity index (χ1n) is 10.5. The van der Waals surface area contributed by atoms with Crippen molar-refractivity contribution >= 4 is 17.5 Å². The minimum atomic E-state index is -1.41. The number of carbonyl (C=O) groups excluding carboxylic acids is 3. The van der Waals surface area contributed by atoms with E-state index < -0.39 is 17.5 Å². The van der Waals surface area contributed by atoms with Gasteiger partial charge in [-0.15, -0.1) is 0 Å². The second kappa shape index (κ2) is 6.46. The Morgan fingerprint density at radius 2 is 1.13 bits per heavy atom. The Labute approximate surface area is 179 Å². The van der Waals surface area contributed by atoms with Crippen molar-refractivity contribution in [2.45, 2.75) is 18.5 Å². The zero-order valence-electron chi connectivity index (χ0n) is 16.8. The summed E-state index contributed by atoms with van der Waals surface area (Å²) in [5, 5.41) is 3.64. The molecule has 0 radical (unpaired) electrons. The molecular weight excluding hydrogens is 388 g/mol. The molecule has 0 aromatic heterocycles. The molecule has 31 heavy (non-hydrogen) atoms. The van der Waals surface area contributed by atoms with Crippen LogP contribution in [0.2, 0.25) is 0 Å². The Hall–Kier alpha value is -3.57. The van der Waals surface area contributed by atoms with Gasteiger partial charge in [0.1, 0.15) is 5.41 Å². The van der Waals surface area contributed by atoms with Crippen LogP contribution < -0.4 is 0 Å². The third-order valence-corrected chi connectivity index (χ3v) is 6.89. The van der Waals surface area contributed by atoms with Gasteiger partial charge in [-0.2, -0.15) is 0 Å². The van der Waals surface area contributed by atoms with Gasteiger partial charge in [0.2, 0.25) is 5.91 Å². The van der Waals surface area contributed by atoms with Crippen LogP contribution in [-0.2, 0) is 4.79 Å². The number of fused-ring (bicyclic) bond motifs is 2. The van der Waals surface area contributed by atoms with Gasteiger partial charge >= 0.3 is 0 Å². The molecule has 0 unspecified atom stereocenters. The highest BCUT2D eigenvalue weighted by molar-refractivity contribution is 6.31. The van der Waals surface area contributed by atoms with Crippen molar-refractivity contribution < 1.29 is 14.4 Å². The summed E-state index contributed by atoms with van der Waals surface area (Å²) in [4.78, 5) is 41.4. The van der Waals surface area contributed by atoms with Crippen LogP contribution in [0.4, 0.5) is 0 Å². The maximum absolute atomic E-state index is 14.2. The van der Waals surface area contributed by atoms with Gasteiger partial charge in [-0.05, 0) is 11.1 Å². The van der Waals surface area contributed by atoms with Crippen molar-refractivity contribution in [3.63, 3.8) is 0 Å². The molecule has 1 amide bonds. The van der Waals surface area contributed by atoms with Crippen LogP contribution in [-0.4, -0.2) is 34.0 Å². The molecule has 2 fully saturated rings. The number of carbonyl (C=O) groups is 3. The SMILES string of the molecule is O=C1CCN2[C@@H](c3ccccc3)C3(C(=O)c4ccccc4C3=O)[C@@H](c3ccccc3)N12. The van der Waals surface area contributed by atoms with Gasteiger partial charge < -0.3 is 0 Å². The monoisotopic (exact) mass is 408 g/mol. The smallest absolute Gasteiger partial charge is 0.238 e. The number of hydrazine groups is 1. The highest BCUT2D eigenvalue weighted by Gasteiger charge is 2.72. The summed E-state index contributed by atoms with van der Waals surface area (Å²) in [6.07, 6.45) is 0.373. The molecule has 0 N–H and O–H groups in total. The van der Waals surface area contributed by atoms with E-state index in [1.807, 2.05) is 65.7 Å². The number of ketones is 2. The van der Waals surface area contributed by atoms with E-state index in [1.54, 1.807) is 29.3 Å². The maximum Gasteiger partial charge on any atom is 0.238 e. The average Bonchev–Trinajstić information content (AvgIpc) is 3.41. The van der Waals surface area contributed by atoms with Crippen molar-refractivity contribution in [3.8, 4) is 0 Å². The normalized spacial score (nSPS) is 24.1. The lowest BCUT2D eigenvalue weighted by Gasteiger charge is -2.33. The van der Waals surface area contributed by atoms with Crippen LogP contribution in [0.1, 0.15) is 50.3 Å². The van der Waals surface area contributed by atoms with Gasteiger partial charge in [0.15, 0.2) is 11.6 Å². The molecule has 2 heterocycles. The second-order valence-electron chi connectivity index (χ2n) is 8.35. The predicted octanol–water partition coefficient (Wildman–Crippen LogP) is 4.00. The molecule has 2 aliphatic heterocycles. The Bertz CT molecular complexity index is 1190. The van der Waals surface area contributed by atoms with E-state index in [4.69, 9.17) is 0 Å². The molecule has 0 bridgehead atoms. The molecule has 3 aromatic carbocycles. The van der Waals surface area contributed by atoms with Gasteiger partial charge in [-0.1, -0.05) is 84.9 Å². The van der Waals surface area contributed by atoms with Crippen LogP contribution in [0.3, 0.4) is 0 Å². The fraction of sp³-hybridized carbons (Fsp3) is 0.192. The molecule has 2 atom stereocenters. The summed E-state index contributed by atoms with van der Waals surface area (Å²) >= 11 is 0. The summed E-state index contributed by atoms with van der Waals surface area (Å²) in [7, 11) is 0. The molecule has 2 saturated heterocycles. The molecular formula is C26H20N2O3. The summed E-state index contributed by atoms with van der Waals surface area (Å²) in [6.45, 7) is 0.486. The Balaban J connectivity index is 1.68. The third kappa shape index (κ3) is 2.21. The number of rotatable bonds is 2. The zero-order valence-corrected chi connectivity index (χ0v) is 16.8. The molecule has 6 rings (SSSR count). The van der Waals surface area contributed by atoms with Crippen LogP contribution in [0.25, 0.3) is 0 Å². The molecule has 5 heteroatoms. The number of hydrogen-bond donors (Lipinski definition) is 0. The summed E-state index contributed by atoms with van der Waals surface area (Å²) in [5.74, 6) is -0.445. The van der Waals surface area contributed by atoms with Crippen LogP contribution in [0.15, 0.2) is 84.9 Å². The lowest BCUT2D eigenvalue weighted by atomic mass is 9.67. The molecule has 1 aliphatic carbocycles. The van der Waals surface area contributed by atoms with Crippen molar-refractivity contribution in [2.75, 3.05) is 6.54 Å². The average molecular weight is 408 g/mol. The van der Waals surface area contributed by atoms with Gasteiger partial charge in [-0.3, -0.25) is 19.4 Å². The van der Waals surface area contributed by atoms with Gasteiger partial charge in [0.25, 0.3) is 0 Å². The van der Waals surface area contributed by atoms with Gasteiger partial charge in [0, 0.05) is 24.1 Å². The van der Waals surface area contributed by atoms with E-state index in [1.165, 1.54) is 0 Å². The third-order valence-electron chi connectivity index (χ3n) is 6.89. The van der Waals surface area contributed by atoms with Crippen molar-refractivity contribution in [1.29, 1.82) is 0 Å². The Morgan fingerprint density at radius 3 is 1.68 bits per heavy atom. The van der Waals surface area contributed by atoms with Crippen LogP contribution in [0.5, 0.6) is 0 Å². The molecule has 5 nitrogen and oxygen atoms in total. The Morgan fingerprint density at radius 1 is 0.645 bits per heavy atom. The first-order valence-corrected chi connectivity index (χ1v) is 10.5. The quantitative estimate of drug-likeness (QED) is 0.602. The van der Waals surface area contributed by atoms with Gasteiger partial charge in [-0.25, -0.2) is 5.01 Å². The fourth-order valence-electron chi connectivity index (χ4n) is 5.73. The van der Waals surface area contributed by atoms with Crippen molar-refractivity contribution in [1.82, 2.24) is 10.0 Å². The van der Waals surface area contributed by atoms with E-state index in [0.717, 1.165) is 11.1 Å². The predicted molar refractivity (Wildman–Crippen MR) is 114 cm³/mol. The van der Waals surface area contributed by atoms with E-state index in [-0.39, 0.29) is 17.5 Å². The van der Waals surface area contributed by atoms with E-state index in [2.05, 4.69) is 0 Å². The maximum atomic E-state index is 14.2. The van der Waals surface area contributed by atoms with Crippen molar-refractivity contribution in [2.24, 2.45) is 5.41 Å². The summed E-state index contributed by atoms with van der Waals surface area (Å²) in [5.41, 5.74) is 1.15. The Kier molecular flexibility index (Phi) is 3.80. The lowest BCUT2D eigenvalue weighted by molar-refractivity contribution is -0.138. The van der Waals surface area contributed by atoms with E-state index >= 15 is 0 Å². The lowest BCUT2D eigenvalue weighted by Crippen LogP contribution is -2.44. The topological polar surface area (TPSA) is 57.7 Å². The second-order valence-corrected chi connectivity index (χ2v) is 8.35. The summed E-state index contributed by atoms with van der Waals surface area (Å²) in [6, 6.07) is 25.0. The molecule has 1 spiro atoms. The fourth-order valence-corrected chi connectivity index (χ4v) is 5.73. The van der Waals surface area contributed by atoms with E-state index in [0.29, 0.717) is 24.1 Å².